The van der Waals surface area contributed by atoms with E-state index in [9.17, 15) is 18.7 Å². The maximum atomic E-state index is 13.1. The molecule has 1 N–H and O–H groups in total. The van der Waals surface area contributed by atoms with Crippen LogP contribution < -0.4 is 0 Å². The van der Waals surface area contributed by atoms with Crippen LogP contribution in [-0.4, -0.2) is 16.1 Å². The Hall–Kier alpha value is -2.30. The van der Waals surface area contributed by atoms with Gasteiger partial charge in [0.25, 0.3) is 0 Å². The molecule has 2 rings (SSSR count). The molecule has 0 aliphatic carbocycles. The highest BCUT2D eigenvalue weighted by Gasteiger charge is 2.21. The minimum atomic E-state index is -1.08. The molecule has 1 atom stereocenters. The molecule has 0 spiro atoms. The minimum absolute atomic E-state index is 0.103. The van der Waals surface area contributed by atoms with Crippen molar-refractivity contribution in [2.45, 2.75) is 12.3 Å². The van der Waals surface area contributed by atoms with Crippen LogP contribution in [0.25, 0.3) is 0 Å². The first-order valence-electron chi connectivity index (χ1n) is 5.65. The molecule has 5 heteroatoms. The maximum absolute atomic E-state index is 13.1. The molecule has 1 unspecified atom stereocenters. The number of carboxylic acid groups (broad SMARTS) is 1. The second kappa shape index (κ2) is 5.56. The van der Waals surface area contributed by atoms with Gasteiger partial charge in [-0.2, -0.15) is 0 Å². The Balaban J connectivity index is 2.26. The molecule has 0 bridgehead atoms. The summed E-state index contributed by atoms with van der Waals surface area (Å²) in [6, 6.07) is 8.20. The first-order valence-corrected chi connectivity index (χ1v) is 5.65. The van der Waals surface area contributed by atoms with Crippen LogP contribution in [0, 0.1) is 11.6 Å². The first-order chi connectivity index (χ1) is 9.06. The van der Waals surface area contributed by atoms with Gasteiger partial charge in [-0.15, -0.1) is 0 Å². The fourth-order valence-electron chi connectivity index (χ4n) is 1.81. The molecule has 1 aromatic heterocycles. The lowest BCUT2D eigenvalue weighted by molar-refractivity contribution is -0.138. The third-order valence-corrected chi connectivity index (χ3v) is 2.73. The first kappa shape index (κ1) is 13.1. The summed E-state index contributed by atoms with van der Waals surface area (Å²) in [4.78, 5) is 15.0. The Labute approximate surface area is 108 Å². The highest BCUT2D eigenvalue weighted by Crippen LogP contribution is 2.20. The van der Waals surface area contributed by atoms with Crippen LogP contribution in [0.2, 0.25) is 0 Å². The zero-order valence-corrected chi connectivity index (χ0v) is 9.88. The van der Waals surface area contributed by atoms with Crippen LogP contribution in [0.1, 0.15) is 17.2 Å². The fraction of sp³-hybridized carbons (Fsp3) is 0.143. The van der Waals surface area contributed by atoms with Crippen molar-refractivity contribution in [3.63, 3.8) is 0 Å². The van der Waals surface area contributed by atoms with Gasteiger partial charge in [-0.1, -0.05) is 12.1 Å². The largest absolute Gasteiger partial charge is 0.481 e. The number of pyridine rings is 1. The molecule has 2 aromatic rings. The SMILES string of the molecule is O=C(O)C(Cc1cccc(F)c1)c1ccc(F)cn1. The van der Waals surface area contributed by atoms with Crippen molar-refractivity contribution < 1.29 is 18.7 Å². The van der Waals surface area contributed by atoms with Gasteiger partial charge in [-0.05, 0) is 36.2 Å². The highest BCUT2D eigenvalue weighted by atomic mass is 19.1. The van der Waals surface area contributed by atoms with Crippen LogP contribution >= 0.6 is 0 Å². The molecule has 0 aliphatic heterocycles. The van der Waals surface area contributed by atoms with E-state index in [0.717, 1.165) is 12.3 Å². The van der Waals surface area contributed by atoms with Gasteiger partial charge in [0.1, 0.15) is 17.6 Å². The van der Waals surface area contributed by atoms with Gasteiger partial charge in [-0.3, -0.25) is 9.78 Å². The molecule has 1 aromatic carbocycles. The molecule has 98 valence electrons. The van der Waals surface area contributed by atoms with Gasteiger partial charge in [0.2, 0.25) is 0 Å². The van der Waals surface area contributed by atoms with Crippen LogP contribution in [0.15, 0.2) is 42.6 Å². The van der Waals surface area contributed by atoms with Crippen LogP contribution in [0.5, 0.6) is 0 Å². The van der Waals surface area contributed by atoms with Gasteiger partial charge >= 0.3 is 5.97 Å². The van der Waals surface area contributed by atoms with E-state index >= 15 is 0 Å². The van der Waals surface area contributed by atoms with Gasteiger partial charge in [0.15, 0.2) is 0 Å². The number of carbonyl (C=O) groups is 1. The highest BCUT2D eigenvalue weighted by molar-refractivity contribution is 5.75. The number of nitrogens with zero attached hydrogens (tertiary/aromatic N) is 1. The third-order valence-electron chi connectivity index (χ3n) is 2.73. The number of carboxylic acids is 1. The molecule has 0 fully saturated rings. The summed E-state index contributed by atoms with van der Waals surface area (Å²) in [5.41, 5.74) is 0.802. The van der Waals surface area contributed by atoms with Crippen molar-refractivity contribution in [3.8, 4) is 0 Å². The number of hydrogen-bond acceptors (Lipinski definition) is 2. The summed E-state index contributed by atoms with van der Waals surface area (Å²) < 4.78 is 25.8. The second-order valence-electron chi connectivity index (χ2n) is 4.13. The number of halogens is 2. The Morgan fingerprint density at radius 3 is 2.58 bits per heavy atom. The molecular formula is C14H11F2NO2. The lowest BCUT2D eigenvalue weighted by Gasteiger charge is -2.11. The van der Waals surface area contributed by atoms with E-state index in [-0.39, 0.29) is 12.1 Å². The van der Waals surface area contributed by atoms with Gasteiger partial charge in [0.05, 0.1) is 11.9 Å². The van der Waals surface area contributed by atoms with Crippen molar-refractivity contribution in [3.05, 3.63) is 65.5 Å². The third kappa shape index (κ3) is 3.34. The summed E-state index contributed by atoms with van der Waals surface area (Å²) in [6.07, 6.45) is 1.07. The van der Waals surface area contributed by atoms with Gasteiger partial charge in [0, 0.05) is 0 Å². The van der Waals surface area contributed by atoms with E-state index in [0.29, 0.717) is 5.56 Å². The van der Waals surface area contributed by atoms with E-state index in [1.807, 2.05) is 0 Å². The van der Waals surface area contributed by atoms with E-state index in [1.165, 1.54) is 24.3 Å². The molecule has 0 saturated carbocycles. The molecule has 0 radical (unpaired) electrons. The maximum Gasteiger partial charge on any atom is 0.312 e. The number of aliphatic carboxylic acids is 1. The van der Waals surface area contributed by atoms with E-state index in [4.69, 9.17) is 0 Å². The Kier molecular flexibility index (Phi) is 3.85. The molecule has 0 amide bonds. The van der Waals surface area contributed by atoms with Crippen molar-refractivity contribution >= 4 is 5.97 Å². The number of hydrogen-bond donors (Lipinski definition) is 1. The smallest absolute Gasteiger partial charge is 0.312 e. The standard InChI is InChI=1S/C14H11F2NO2/c15-10-3-1-2-9(6-10)7-12(14(18)19)13-5-4-11(16)8-17-13/h1-6,8,12H,7H2,(H,18,19). The topological polar surface area (TPSA) is 50.2 Å². The molecule has 3 nitrogen and oxygen atoms in total. The Morgan fingerprint density at radius 2 is 2.00 bits per heavy atom. The predicted octanol–water partition coefficient (Wildman–Crippen LogP) is 2.77. The number of aromatic nitrogens is 1. The van der Waals surface area contributed by atoms with Crippen LogP contribution in [0.4, 0.5) is 8.78 Å². The molecule has 19 heavy (non-hydrogen) atoms. The minimum Gasteiger partial charge on any atom is -0.481 e. The summed E-state index contributed by atoms with van der Waals surface area (Å²) in [5.74, 6) is -2.96. The monoisotopic (exact) mass is 263 g/mol. The zero-order valence-electron chi connectivity index (χ0n) is 9.88. The molecule has 0 aliphatic rings. The summed E-state index contributed by atoms with van der Waals surface area (Å²) in [5, 5.41) is 9.20. The lowest BCUT2D eigenvalue weighted by Crippen LogP contribution is -2.16. The Bertz CT molecular complexity index is 584. The summed E-state index contributed by atoms with van der Waals surface area (Å²) in [6.45, 7) is 0. The van der Waals surface area contributed by atoms with Gasteiger partial charge in [-0.25, -0.2) is 8.78 Å². The van der Waals surface area contributed by atoms with E-state index < -0.39 is 23.5 Å². The molecular weight excluding hydrogens is 252 g/mol. The molecule has 0 saturated heterocycles. The second-order valence-corrected chi connectivity index (χ2v) is 4.13. The fourth-order valence-corrected chi connectivity index (χ4v) is 1.81. The normalized spacial score (nSPS) is 12.1. The quantitative estimate of drug-likeness (QED) is 0.922. The number of rotatable bonds is 4. The van der Waals surface area contributed by atoms with Gasteiger partial charge < -0.3 is 5.11 Å². The Morgan fingerprint density at radius 1 is 1.21 bits per heavy atom. The lowest BCUT2D eigenvalue weighted by atomic mass is 9.96. The van der Waals surface area contributed by atoms with Crippen molar-refractivity contribution in [1.82, 2.24) is 4.98 Å². The molecule has 1 heterocycles. The summed E-state index contributed by atoms with van der Waals surface area (Å²) in [7, 11) is 0. The average Bonchev–Trinajstić information content (AvgIpc) is 2.37. The number of benzene rings is 1. The summed E-state index contributed by atoms with van der Waals surface area (Å²) >= 11 is 0. The van der Waals surface area contributed by atoms with E-state index in [1.54, 1.807) is 6.07 Å². The van der Waals surface area contributed by atoms with Crippen molar-refractivity contribution in [2.24, 2.45) is 0 Å². The van der Waals surface area contributed by atoms with Crippen LogP contribution in [-0.2, 0) is 11.2 Å². The van der Waals surface area contributed by atoms with Crippen molar-refractivity contribution in [2.75, 3.05) is 0 Å². The van der Waals surface area contributed by atoms with E-state index in [2.05, 4.69) is 4.98 Å². The van der Waals surface area contributed by atoms with Crippen molar-refractivity contribution in [1.29, 1.82) is 0 Å². The predicted molar refractivity (Wildman–Crippen MR) is 64.7 cm³/mol. The van der Waals surface area contributed by atoms with Crippen LogP contribution in [0.3, 0.4) is 0 Å². The average molecular weight is 263 g/mol. The zero-order chi connectivity index (χ0) is 13.8.